The van der Waals surface area contributed by atoms with E-state index in [1.54, 1.807) is 6.08 Å². The van der Waals surface area contributed by atoms with Crippen LogP contribution in [0.15, 0.2) is 48.6 Å². The number of carbonyl (C=O) groups excluding carboxylic acids is 1. The lowest BCUT2D eigenvalue weighted by Gasteiger charge is -2.40. The standard InChI is InChI=1S/C64H119NO8/c1-3-5-7-9-11-13-15-16-17-18-19-20-21-22-23-24-25-26-27-28-29-30-31-32-33-34-35-36-37-38-39-40-41-42-44-46-48-50-52-54-60(68)65-57(56-72-64-63(71)62(70)61(69)59(55-66)73-64)58(67)53-51-49-47-45-43-14-12-10-8-6-4-2/h15-16,18-19,21-22,51,53,57-59,61-64,66-67,69-71H,3-14,17,20,23-50,52,54-56H2,1-2H3,(H,65,68)/b16-15-,19-18-,22-21-,53-51+. The molecule has 1 rings (SSSR count). The van der Waals surface area contributed by atoms with Crippen LogP contribution in [0.2, 0.25) is 0 Å². The molecule has 0 aromatic heterocycles. The van der Waals surface area contributed by atoms with Crippen LogP contribution in [0.25, 0.3) is 0 Å². The molecule has 1 aliphatic rings. The largest absolute Gasteiger partial charge is 0.394 e. The summed E-state index contributed by atoms with van der Waals surface area (Å²) in [4.78, 5) is 13.0. The van der Waals surface area contributed by atoms with E-state index in [9.17, 15) is 30.3 Å². The fourth-order valence-corrected chi connectivity index (χ4v) is 9.93. The van der Waals surface area contributed by atoms with Crippen molar-refractivity contribution in [3.63, 3.8) is 0 Å². The molecule has 9 heteroatoms. The molecule has 1 amide bonds. The van der Waals surface area contributed by atoms with Gasteiger partial charge in [0.25, 0.3) is 0 Å². The van der Waals surface area contributed by atoms with Crippen LogP contribution in [0.5, 0.6) is 0 Å². The van der Waals surface area contributed by atoms with Gasteiger partial charge in [-0.1, -0.05) is 281 Å². The molecule has 1 heterocycles. The van der Waals surface area contributed by atoms with Crippen molar-refractivity contribution in [2.24, 2.45) is 0 Å². The molecular weight excluding hydrogens is 911 g/mol. The maximum Gasteiger partial charge on any atom is 0.220 e. The van der Waals surface area contributed by atoms with Crippen LogP contribution in [0.1, 0.15) is 296 Å². The maximum absolute atomic E-state index is 13.0. The van der Waals surface area contributed by atoms with Crippen molar-refractivity contribution < 1.29 is 39.8 Å². The van der Waals surface area contributed by atoms with Gasteiger partial charge in [0.05, 0.1) is 25.4 Å². The van der Waals surface area contributed by atoms with Gasteiger partial charge in [0.2, 0.25) is 5.91 Å². The number of ether oxygens (including phenoxy) is 2. The lowest BCUT2D eigenvalue weighted by atomic mass is 9.99. The molecule has 0 bridgehead atoms. The minimum atomic E-state index is -1.56. The Hall–Kier alpha value is -1.85. The lowest BCUT2D eigenvalue weighted by molar-refractivity contribution is -0.302. The molecule has 0 aliphatic carbocycles. The summed E-state index contributed by atoms with van der Waals surface area (Å²) in [5.74, 6) is -0.174. The molecule has 9 nitrogen and oxygen atoms in total. The Morgan fingerprint density at radius 2 is 0.808 bits per heavy atom. The second-order valence-corrected chi connectivity index (χ2v) is 21.9. The van der Waals surface area contributed by atoms with Gasteiger partial charge in [-0.2, -0.15) is 0 Å². The minimum Gasteiger partial charge on any atom is -0.394 e. The van der Waals surface area contributed by atoms with Crippen LogP contribution in [0.4, 0.5) is 0 Å². The van der Waals surface area contributed by atoms with Gasteiger partial charge in [-0.25, -0.2) is 0 Å². The number of hydrogen-bond donors (Lipinski definition) is 6. The Labute approximate surface area is 450 Å². The van der Waals surface area contributed by atoms with Gasteiger partial charge in [-0.3, -0.25) is 4.79 Å². The second kappa shape index (κ2) is 53.5. The molecule has 6 N–H and O–H groups in total. The average molecular weight is 1030 g/mol. The van der Waals surface area contributed by atoms with Crippen LogP contribution in [-0.4, -0.2) is 87.5 Å². The summed E-state index contributed by atoms with van der Waals surface area (Å²) in [5.41, 5.74) is 0. The Morgan fingerprint density at radius 1 is 0.466 bits per heavy atom. The first-order valence-electron chi connectivity index (χ1n) is 31.4. The fraction of sp³-hybridized carbons (Fsp3) is 0.859. The summed E-state index contributed by atoms with van der Waals surface area (Å²) < 4.78 is 11.2. The van der Waals surface area contributed by atoms with Crippen LogP contribution in [0, 0.1) is 0 Å². The molecule has 0 saturated carbocycles. The second-order valence-electron chi connectivity index (χ2n) is 21.9. The van der Waals surface area contributed by atoms with Crippen molar-refractivity contribution in [1.82, 2.24) is 5.32 Å². The van der Waals surface area contributed by atoms with Gasteiger partial charge >= 0.3 is 0 Å². The highest BCUT2D eigenvalue weighted by Crippen LogP contribution is 2.23. The first kappa shape index (κ1) is 69.2. The zero-order chi connectivity index (χ0) is 52.9. The molecule has 0 aromatic carbocycles. The normalized spacial score (nSPS) is 19.4. The summed E-state index contributed by atoms with van der Waals surface area (Å²) in [6.07, 6.45) is 65.1. The van der Waals surface area contributed by atoms with Crippen molar-refractivity contribution in [1.29, 1.82) is 0 Å². The molecule has 0 aromatic rings. The molecule has 1 saturated heterocycles. The highest BCUT2D eigenvalue weighted by molar-refractivity contribution is 5.76. The third-order valence-electron chi connectivity index (χ3n) is 14.9. The number of amides is 1. The smallest absolute Gasteiger partial charge is 0.220 e. The van der Waals surface area contributed by atoms with E-state index in [1.165, 1.54) is 225 Å². The highest BCUT2D eigenvalue weighted by Gasteiger charge is 2.44. The number of carbonyl (C=O) groups is 1. The van der Waals surface area contributed by atoms with Gasteiger partial charge < -0.3 is 40.3 Å². The van der Waals surface area contributed by atoms with E-state index in [2.05, 4.69) is 55.6 Å². The van der Waals surface area contributed by atoms with E-state index in [0.29, 0.717) is 6.42 Å². The molecular formula is C64H119NO8. The van der Waals surface area contributed by atoms with Gasteiger partial charge in [0, 0.05) is 6.42 Å². The summed E-state index contributed by atoms with van der Waals surface area (Å²) >= 11 is 0. The van der Waals surface area contributed by atoms with E-state index < -0.39 is 49.5 Å². The summed E-state index contributed by atoms with van der Waals surface area (Å²) in [6, 6.07) is -0.802. The molecule has 428 valence electrons. The summed E-state index contributed by atoms with van der Waals surface area (Å²) in [6.45, 7) is 3.76. The number of unbranched alkanes of at least 4 members (excludes halogenated alkanes) is 38. The average Bonchev–Trinajstić information content (AvgIpc) is 3.39. The Kier molecular flexibility index (Phi) is 50.7. The van der Waals surface area contributed by atoms with Crippen LogP contribution < -0.4 is 5.32 Å². The third kappa shape index (κ3) is 42.9. The van der Waals surface area contributed by atoms with E-state index in [-0.39, 0.29) is 12.5 Å². The summed E-state index contributed by atoms with van der Waals surface area (Å²) in [5, 5.41) is 54.4. The molecule has 7 atom stereocenters. The van der Waals surface area contributed by atoms with E-state index in [4.69, 9.17) is 9.47 Å². The SMILES string of the molecule is CCCCCCC/C=C\C/C=C\C/C=C\CCCCCCCCCCCCCCCCCCCCCCCCCCC(=O)NC(COC1OC(CO)C(O)C(O)C1O)C(O)/C=C/CCCCCCCCCCC. The third-order valence-corrected chi connectivity index (χ3v) is 14.9. The van der Waals surface area contributed by atoms with Crippen molar-refractivity contribution in [2.45, 2.75) is 339 Å². The zero-order valence-corrected chi connectivity index (χ0v) is 47.6. The first-order valence-corrected chi connectivity index (χ1v) is 31.4. The number of rotatable bonds is 54. The molecule has 7 unspecified atom stereocenters. The lowest BCUT2D eigenvalue weighted by Crippen LogP contribution is -2.60. The molecule has 73 heavy (non-hydrogen) atoms. The number of allylic oxidation sites excluding steroid dienone is 7. The van der Waals surface area contributed by atoms with Crippen LogP contribution in [-0.2, 0) is 14.3 Å². The van der Waals surface area contributed by atoms with Gasteiger partial charge in [0.15, 0.2) is 6.29 Å². The molecule has 0 radical (unpaired) electrons. The van der Waals surface area contributed by atoms with Crippen molar-refractivity contribution in [3.8, 4) is 0 Å². The number of aliphatic hydroxyl groups is 5. The van der Waals surface area contributed by atoms with E-state index >= 15 is 0 Å². The monoisotopic (exact) mass is 1030 g/mol. The van der Waals surface area contributed by atoms with Crippen LogP contribution >= 0.6 is 0 Å². The number of aliphatic hydroxyl groups excluding tert-OH is 5. The highest BCUT2D eigenvalue weighted by atomic mass is 16.7. The quantitative estimate of drug-likeness (QED) is 0.0261. The number of nitrogens with one attached hydrogen (secondary N) is 1. The first-order chi connectivity index (χ1) is 35.8. The molecule has 0 spiro atoms. The minimum absolute atomic E-state index is 0.174. The van der Waals surface area contributed by atoms with Crippen molar-refractivity contribution >= 4 is 5.91 Å². The van der Waals surface area contributed by atoms with Gasteiger partial charge in [-0.15, -0.1) is 0 Å². The van der Waals surface area contributed by atoms with Crippen molar-refractivity contribution in [3.05, 3.63) is 48.6 Å². The van der Waals surface area contributed by atoms with Crippen molar-refractivity contribution in [2.75, 3.05) is 13.2 Å². The summed E-state index contributed by atoms with van der Waals surface area (Å²) in [7, 11) is 0. The Bertz CT molecular complexity index is 1290. The predicted octanol–water partition coefficient (Wildman–Crippen LogP) is 16.1. The number of hydrogen-bond acceptors (Lipinski definition) is 8. The Balaban J connectivity index is 2.02. The maximum atomic E-state index is 13.0. The predicted molar refractivity (Wildman–Crippen MR) is 309 cm³/mol. The molecule has 1 fully saturated rings. The topological polar surface area (TPSA) is 149 Å². The van der Waals surface area contributed by atoms with Crippen LogP contribution in [0.3, 0.4) is 0 Å². The molecule has 1 aliphatic heterocycles. The van der Waals surface area contributed by atoms with E-state index in [0.717, 1.165) is 51.4 Å². The van der Waals surface area contributed by atoms with Gasteiger partial charge in [0.1, 0.15) is 24.4 Å². The van der Waals surface area contributed by atoms with Gasteiger partial charge in [-0.05, 0) is 57.8 Å². The van der Waals surface area contributed by atoms with E-state index in [1.807, 2.05) is 6.08 Å². The Morgan fingerprint density at radius 3 is 1.19 bits per heavy atom. The zero-order valence-electron chi connectivity index (χ0n) is 47.6. The fourth-order valence-electron chi connectivity index (χ4n) is 9.93.